The first-order valence-corrected chi connectivity index (χ1v) is 3.04. The fourth-order valence-corrected chi connectivity index (χ4v) is 0.654. The lowest BCUT2D eigenvalue weighted by molar-refractivity contribution is 0.0613. The van der Waals surface area contributed by atoms with Crippen molar-refractivity contribution < 1.29 is 4.74 Å². The van der Waals surface area contributed by atoms with Crippen LogP contribution in [-0.4, -0.2) is 29.3 Å². The summed E-state index contributed by atoms with van der Waals surface area (Å²) in [6.45, 7) is 0.559. The van der Waals surface area contributed by atoms with Crippen molar-refractivity contribution in [3.05, 3.63) is 12.5 Å². The molecule has 0 aliphatic carbocycles. The second kappa shape index (κ2) is 2.68. The molecule has 0 aromatic carbocycles. The molecule has 9 heavy (non-hydrogen) atoms. The highest BCUT2D eigenvalue weighted by Crippen LogP contribution is 2.01. The molecular formula is C5H8N2OS. The van der Waals surface area contributed by atoms with Crippen LogP contribution in [0, 0.1) is 0 Å². The molecule has 0 unspecified atom stereocenters. The van der Waals surface area contributed by atoms with E-state index in [1.165, 1.54) is 0 Å². The van der Waals surface area contributed by atoms with E-state index in [-0.39, 0.29) is 0 Å². The van der Waals surface area contributed by atoms with E-state index < -0.39 is 0 Å². The largest absolute Gasteiger partial charge is 0.477 e. The average Bonchev–Trinajstić information content (AvgIpc) is 2.37. The maximum atomic E-state index is 4.92. The number of thiocarbonyl (C=S) groups is 1. The molecular weight excluding hydrogens is 136 g/mol. The minimum absolute atomic E-state index is 0.559. The Morgan fingerprint density at radius 3 is 3.11 bits per heavy atom. The summed E-state index contributed by atoms with van der Waals surface area (Å²) in [5.41, 5.74) is 1.55. The van der Waals surface area contributed by atoms with Crippen molar-refractivity contribution >= 4 is 17.7 Å². The van der Waals surface area contributed by atoms with Crippen LogP contribution in [0.1, 0.15) is 0 Å². The lowest BCUT2D eigenvalue weighted by Gasteiger charge is -2.22. The van der Waals surface area contributed by atoms with Gasteiger partial charge in [-0.3, -0.25) is 10.0 Å². The van der Waals surface area contributed by atoms with Crippen LogP contribution in [0.4, 0.5) is 0 Å². The van der Waals surface area contributed by atoms with Crippen LogP contribution < -0.4 is 0 Å². The molecule has 0 fully saturated rings. The van der Waals surface area contributed by atoms with Crippen LogP contribution in [-0.2, 0) is 4.74 Å². The first-order valence-electron chi connectivity index (χ1n) is 2.57. The second-order valence-electron chi connectivity index (χ2n) is 1.70. The van der Waals surface area contributed by atoms with Gasteiger partial charge in [0, 0.05) is 7.05 Å². The fourth-order valence-electron chi connectivity index (χ4n) is 0.532. The first kappa shape index (κ1) is 6.35. The zero-order valence-corrected chi connectivity index (χ0v) is 5.97. The zero-order chi connectivity index (χ0) is 6.69. The number of hydrogen-bond acceptors (Lipinski definition) is 3. The van der Waals surface area contributed by atoms with Crippen molar-refractivity contribution in [3.63, 3.8) is 0 Å². The summed E-state index contributed by atoms with van der Waals surface area (Å²) in [6.07, 6.45) is 3.46. The highest BCUT2D eigenvalue weighted by atomic mass is 32.1. The Labute approximate surface area is 59.5 Å². The summed E-state index contributed by atoms with van der Waals surface area (Å²) >= 11 is 4.68. The Morgan fingerprint density at radius 1 is 1.89 bits per heavy atom. The molecule has 1 aliphatic heterocycles. The zero-order valence-electron chi connectivity index (χ0n) is 5.15. The highest BCUT2D eigenvalue weighted by molar-refractivity contribution is 7.78. The molecule has 1 heterocycles. The smallest absolute Gasteiger partial charge is 0.178 e. The van der Waals surface area contributed by atoms with E-state index in [4.69, 9.17) is 4.74 Å². The van der Waals surface area contributed by atoms with E-state index in [0.29, 0.717) is 6.73 Å². The predicted octanol–water partition coefficient (Wildman–Crippen LogP) is 0.551. The summed E-state index contributed by atoms with van der Waals surface area (Å²) in [6, 6.07) is 0. The third kappa shape index (κ3) is 1.32. The Kier molecular flexibility index (Phi) is 1.89. The van der Waals surface area contributed by atoms with Gasteiger partial charge in [0.2, 0.25) is 0 Å². The standard InChI is InChI=1S/C5H8N2OS/c1-6(5-9)7-2-3-8-4-7/h2-3,5H,4H2,1H3. The van der Waals surface area contributed by atoms with Gasteiger partial charge in [0.05, 0.1) is 11.7 Å². The normalized spacial score (nSPS) is 15.4. The van der Waals surface area contributed by atoms with Gasteiger partial charge >= 0.3 is 0 Å². The maximum Gasteiger partial charge on any atom is 0.178 e. The molecule has 0 amide bonds. The number of hydrogen-bond donors (Lipinski definition) is 0. The molecule has 1 rings (SSSR count). The van der Waals surface area contributed by atoms with E-state index in [0.717, 1.165) is 0 Å². The molecule has 0 radical (unpaired) electrons. The third-order valence-corrected chi connectivity index (χ3v) is 1.40. The van der Waals surface area contributed by atoms with Gasteiger partial charge in [0.25, 0.3) is 0 Å². The van der Waals surface area contributed by atoms with Crippen LogP contribution >= 0.6 is 12.2 Å². The molecule has 0 bridgehead atoms. The van der Waals surface area contributed by atoms with Crippen molar-refractivity contribution in [2.45, 2.75) is 0 Å². The number of nitrogens with zero attached hydrogens (tertiary/aromatic N) is 2. The molecule has 0 atom stereocenters. The van der Waals surface area contributed by atoms with E-state index in [9.17, 15) is 0 Å². The van der Waals surface area contributed by atoms with Crippen LogP contribution in [0.5, 0.6) is 0 Å². The summed E-state index contributed by atoms with van der Waals surface area (Å²) in [7, 11) is 1.87. The second-order valence-corrected chi connectivity index (χ2v) is 1.91. The monoisotopic (exact) mass is 144 g/mol. The van der Waals surface area contributed by atoms with Crippen LogP contribution in [0.25, 0.3) is 0 Å². The van der Waals surface area contributed by atoms with Gasteiger partial charge in [-0.05, 0) is 0 Å². The third-order valence-electron chi connectivity index (χ3n) is 1.09. The SMILES string of the molecule is CN(C=S)N1C=COC1. The molecule has 50 valence electrons. The van der Waals surface area contributed by atoms with E-state index >= 15 is 0 Å². The van der Waals surface area contributed by atoms with Gasteiger partial charge in [-0.15, -0.1) is 0 Å². The van der Waals surface area contributed by atoms with Crippen molar-refractivity contribution in [2.75, 3.05) is 13.8 Å². The highest BCUT2D eigenvalue weighted by Gasteiger charge is 2.05. The quantitative estimate of drug-likeness (QED) is 0.526. The van der Waals surface area contributed by atoms with Gasteiger partial charge in [0.1, 0.15) is 6.26 Å². The molecule has 0 aromatic heterocycles. The lowest BCUT2D eigenvalue weighted by atomic mass is 10.9. The Hall–Kier alpha value is -0.770. The Bertz CT molecular complexity index is 137. The molecule has 0 saturated heterocycles. The van der Waals surface area contributed by atoms with Gasteiger partial charge in [-0.1, -0.05) is 12.2 Å². The number of rotatable bonds is 2. The molecule has 1 aliphatic rings. The van der Waals surface area contributed by atoms with Gasteiger partial charge < -0.3 is 4.74 Å². The van der Waals surface area contributed by atoms with Gasteiger partial charge in [0.15, 0.2) is 6.73 Å². The van der Waals surface area contributed by atoms with Crippen LogP contribution in [0.15, 0.2) is 12.5 Å². The number of ether oxygens (including phenoxy) is 1. The van der Waals surface area contributed by atoms with Crippen LogP contribution in [0.3, 0.4) is 0 Å². The molecule has 0 aromatic rings. The topological polar surface area (TPSA) is 15.7 Å². The van der Waals surface area contributed by atoms with E-state index in [1.54, 1.807) is 16.8 Å². The minimum Gasteiger partial charge on any atom is -0.477 e. The summed E-state index contributed by atoms with van der Waals surface area (Å²) in [5.74, 6) is 0. The first-order chi connectivity index (χ1) is 4.34. The van der Waals surface area contributed by atoms with Crippen molar-refractivity contribution in [2.24, 2.45) is 0 Å². The Morgan fingerprint density at radius 2 is 2.67 bits per heavy atom. The Balaban J connectivity index is 2.42. The van der Waals surface area contributed by atoms with Gasteiger partial charge in [-0.2, -0.15) is 0 Å². The van der Waals surface area contributed by atoms with Crippen LogP contribution in [0.2, 0.25) is 0 Å². The summed E-state index contributed by atoms with van der Waals surface area (Å²) < 4.78 is 4.92. The molecule has 3 nitrogen and oxygen atoms in total. The maximum absolute atomic E-state index is 4.92. The average molecular weight is 144 g/mol. The molecule has 0 saturated carbocycles. The lowest BCUT2D eigenvalue weighted by Crippen LogP contribution is -2.32. The number of hydrazine groups is 1. The predicted molar refractivity (Wildman–Crippen MR) is 38.3 cm³/mol. The minimum atomic E-state index is 0.559. The fraction of sp³-hybridized carbons (Fsp3) is 0.400. The van der Waals surface area contributed by atoms with E-state index in [1.807, 2.05) is 18.3 Å². The summed E-state index contributed by atoms with van der Waals surface area (Å²) in [4.78, 5) is 0. The van der Waals surface area contributed by atoms with Crippen molar-refractivity contribution in [1.82, 2.24) is 10.0 Å². The van der Waals surface area contributed by atoms with Crippen molar-refractivity contribution in [3.8, 4) is 0 Å². The summed E-state index contributed by atoms with van der Waals surface area (Å²) in [5, 5.41) is 3.63. The molecule has 4 heteroatoms. The molecule has 0 N–H and O–H groups in total. The van der Waals surface area contributed by atoms with E-state index in [2.05, 4.69) is 12.2 Å². The van der Waals surface area contributed by atoms with Crippen molar-refractivity contribution in [1.29, 1.82) is 0 Å². The molecule has 0 spiro atoms. The van der Waals surface area contributed by atoms with Gasteiger partial charge in [-0.25, -0.2) is 0 Å².